The number of nitrogens with zero attached hydrogens (tertiary/aromatic N) is 5. The Balaban J connectivity index is 2.04. The van der Waals surface area contributed by atoms with Crippen molar-refractivity contribution in [2.75, 3.05) is 30.2 Å². The van der Waals surface area contributed by atoms with Crippen molar-refractivity contribution in [1.82, 2.24) is 20.0 Å². The lowest BCUT2D eigenvalue weighted by Gasteiger charge is -2.20. The van der Waals surface area contributed by atoms with E-state index in [2.05, 4.69) is 31.0 Å². The summed E-state index contributed by atoms with van der Waals surface area (Å²) in [6, 6.07) is 9.04. The van der Waals surface area contributed by atoms with Crippen molar-refractivity contribution in [3.8, 4) is 11.8 Å². The van der Waals surface area contributed by atoms with Gasteiger partial charge in [0.2, 0.25) is 6.41 Å². The topological polar surface area (TPSA) is 128 Å². The Morgan fingerprint density at radius 2 is 2.00 bits per heavy atom. The first-order valence-electron chi connectivity index (χ1n) is 9.00. The largest absolute Gasteiger partial charge is 0.493 e. The van der Waals surface area contributed by atoms with Gasteiger partial charge in [0.25, 0.3) is 0 Å². The Hall–Kier alpha value is -4.10. The number of ether oxygens (including phenoxy) is 1. The maximum Gasteiger partial charge on any atom is 0.227 e. The average molecular weight is 439 g/mol. The van der Waals surface area contributed by atoms with Crippen LogP contribution in [-0.2, 0) is 4.79 Å². The molecule has 0 fully saturated rings. The van der Waals surface area contributed by atoms with Gasteiger partial charge in [-0.15, -0.1) is 0 Å². The first kappa shape index (κ1) is 21.6. The number of nitrogens with one attached hydrogen (secondary N) is 3. The number of halogens is 1. The lowest BCUT2D eigenvalue weighted by Crippen LogP contribution is -2.24. The molecule has 0 spiro atoms. The Morgan fingerprint density at radius 1 is 1.19 bits per heavy atom. The summed E-state index contributed by atoms with van der Waals surface area (Å²) in [5, 5.41) is 17.0. The summed E-state index contributed by atoms with van der Waals surface area (Å²) in [5.41, 5.74) is 5.12. The predicted octanol–water partition coefficient (Wildman–Crippen LogP) is 3.62. The van der Waals surface area contributed by atoms with Gasteiger partial charge in [-0.25, -0.2) is 9.97 Å². The molecule has 11 heteroatoms. The molecule has 31 heavy (non-hydrogen) atoms. The van der Waals surface area contributed by atoms with E-state index in [1.54, 1.807) is 25.2 Å². The van der Waals surface area contributed by atoms with E-state index in [4.69, 9.17) is 21.6 Å². The highest BCUT2D eigenvalue weighted by molar-refractivity contribution is 6.32. The molecule has 3 rings (SSSR count). The van der Waals surface area contributed by atoms with Crippen LogP contribution in [-0.4, -0.2) is 40.5 Å². The maximum absolute atomic E-state index is 11.1. The van der Waals surface area contributed by atoms with Crippen LogP contribution in [0.4, 0.5) is 28.8 Å². The van der Waals surface area contributed by atoms with Crippen molar-refractivity contribution in [1.29, 1.82) is 5.26 Å². The summed E-state index contributed by atoms with van der Waals surface area (Å²) in [5.74, 6) is 1.66. The summed E-state index contributed by atoms with van der Waals surface area (Å²) in [7, 11) is 3.09. The average Bonchev–Trinajstić information content (AvgIpc) is 2.77. The summed E-state index contributed by atoms with van der Waals surface area (Å²) in [6.07, 6.45) is 3.45. The predicted molar refractivity (Wildman–Crippen MR) is 118 cm³/mol. The van der Waals surface area contributed by atoms with E-state index in [-0.39, 0.29) is 5.69 Å². The molecule has 0 saturated heterocycles. The summed E-state index contributed by atoms with van der Waals surface area (Å²) < 4.78 is 5.41. The third kappa shape index (κ3) is 5.09. The summed E-state index contributed by atoms with van der Waals surface area (Å²) >= 11 is 6.23. The van der Waals surface area contributed by atoms with E-state index < -0.39 is 0 Å². The normalized spacial score (nSPS) is 10.0. The maximum atomic E-state index is 11.1. The van der Waals surface area contributed by atoms with Gasteiger partial charge in [-0.05, 0) is 19.1 Å². The van der Waals surface area contributed by atoms with E-state index in [0.29, 0.717) is 46.0 Å². The number of pyridine rings is 1. The Morgan fingerprint density at radius 3 is 2.71 bits per heavy atom. The molecule has 1 amide bonds. The molecule has 0 aliphatic heterocycles. The molecule has 0 aliphatic rings. The van der Waals surface area contributed by atoms with Crippen LogP contribution in [0.25, 0.3) is 0 Å². The summed E-state index contributed by atoms with van der Waals surface area (Å²) in [6.45, 7) is 1.84. The number of anilines is 5. The number of amides is 1. The first-order valence-corrected chi connectivity index (χ1v) is 9.38. The van der Waals surface area contributed by atoms with Crippen LogP contribution in [0.2, 0.25) is 5.02 Å². The van der Waals surface area contributed by atoms with Gasteiger partial charge in [-0.1, -0.05) is 17.7 Å². The number of aromatic nitrogens is 3. The van der Waals surface area contributed by atoms with Gasteiger partial charge in [-0.3, -0.25) is 20.2 Å². The van der Waals surface area contributed by atoms with Gasteiger partial charge in [0.15, 0.2) is 23.1 Å². The fraction of sp³-hybridized carbons (Fsp3) is 0.150. The third-order valence-electron chi connectivity index (χ3n) is 4.16. The number of carbonyl (C=O) groups is 1. The number of nitriles is 1. The van der Waals surface area contributed by atoms with Crippen molar-refractivity contribution >= 4 is 46.8 Å². The zero-order valence-electron chi connectivity index (χ0n) is 17.0. The van der Waals surface area contributed by atoms with Crippen molar-refractivity contribution in [2.45, 2.75) is 6.92 Å². The fourth-order valence-corrected chi connectivity index (χ4v) is 2.93. The molecule has 0 atom stereocenters. The molecule has 0 saturated carbocycles. The van der Waals surface area contributed by atoms with Gasteiger partial charge in [0, 0.05) is 24.4 Å². The quantitative estimate of drug-likeness (QED) is 0.356. The first-order chi connectivity index (χ1) is 14.9. The molecule has 1 aromatic carbocycles. The van der Waals surface area contributed by atoms with Crippen LogP contribution >= 0.6 is 11.6 Å². The smallest absolute Gasteiger partial charge is 0.227 e. The molecule has 0 unspecified atom stereocenters. The van der Waals surface area contributed by atoms with E-state index in [0.717, 1.165) is 5.56 Å². The lowest BCUT2D eigenvalue weighted by molar-refractivity contribution is -0.115. The number of carbonyl (C=O) groups excluding carboxylic acids is 1. The van der Waals surface area contributed by atoms with Crippen molar-refractivity contribution < 1.29 is 9.53 Å². The highest BCUT2D eigenvalue weighted by atomic mass is 35.5. The van der Waals surface area contributed by atoms with Crippen LogP contribution in [0.5, 0.6) is 5.75 Å². The van der Waals surface area contributed by atoms with Gasteiger partial charge >= 0.3 is 0 Å². The van der Waals surface area contributed by atoms with Crippen LogP contribution < -0.4 is 20.8 Å². The minimum absolute atomic E-state index is 0.165. The molecule has 2 heterocycles. The molecule has 0 bridgehead atoms. The second-order valence-corrected chi connectivity index (χ2v) is 6.74. The van der Waals surface area contributed by atoms with Crippen LogP contribution in [0.1, 0.15) is 11.3 Å². The van der Waals surface area contributed by atoms with E-state index >= 15 is 0 Å². The van der Waals surface area contributed by atoms with Crippen molar-refractivity contribution in [3.05, 3.63) is 52.9 Å². The number of methoxy groups -OCH3 is 1. The van der Waals surface area contributed by atoms with Crippen molar-refractivity contribution in [3.63, 3.8) is 0 Å². The standard InChI is InChI=1S/C20H19ClN8O2/c1-12-16(25-15-6-4-5-14(21)19(15)31-3)7-17(27-20(12)28-29(2)11-30)26-18-10-23-9-13(8-22)24-18/h4-7,9-11H,1-3H3,(H3,24,25,26,27,28). The minimum atomic E-state index is 0.165. The third-order valence-corrected chi connectivity index (χ3v) is 4.46. The second kappa shape index (κ2) is 9.60. The SMILES string of the molecule is COc1c(Cl)cccc1Nc1cc(Nc2cncc(C#N)n2)nc(NN(C)C=O)c1C. The zero-order chi connectivity index (χ0) is 22.4. The van der Waals surface area contributed by atoms with E-state index in [1.165, 1.54) is 24.5 Å². The number of benzene rings is 1. The Labute approximate surface area is 183 Å². The summed E-state index contributed by atoms with van der Waals surface area (Å²) in [4.78, 5) is 23.7. The monoisotopic (exact) mass is 438 g/mol. The number of rotatable bonds is 8. The molecule has 3 aromatic rings. The minimum Gasteiger partial charge on any atom is -0.493 e. The number of hydrogen-bond acceptors (Lipinski definition) is 9. The fourth-order valence-electron chi connectivity index (χ4n) is 2.68. The number of hydrazine groups is 1. The second-order valence-electron chi connectivity index (χ2n) is 6.33. The Bertz CT molecular complexity index is 1150. The van der Waals surface area contributed by atoms with Crippen LogP contribution in [0.3, 0.4) is 0 Å². The molecule has 10 nitrogen and oxygen atoms in total. The van der Waals surface area contributed by atoms with Gasteiger partial charge in [-0.2, -0.15) is 5.26 Å². The molecule has 2 aromatic heterocycles. The molecule has 3 N–H and O–H groups in total. The van der Waals surface area contributed by atoms with Gasteiger partial charge in [0.1, 0.15) is 11.9 Å². The molecular weight excluding hydrogens is 420 g/mol. The van der Waals surface area contributed by atoms with Gasteiger partial charge < -0.3 is 15.4 Å². The highest BCUT2D eigenvalue weighted by Crippen LogP contribution is 2.37. The lowest BCUT2D eigenvalue weighted by atomic mass is 10.2. The van der Waals surface area contributed by atoms with Crippen LogP contribution in [0.15, 0.2) is 36.7 Å². The Kier molecular flexibility index (Phi) is 6.69. The van der Waals surface area contributed by atoms with Crippen LogP contribution in [0, 0.1) is 18.3 Å². The van der Waals surface area contributed by atoms with E-state index in [9.17, 15) is 4.79 Å². The molecular formula is C20H19ClN8O2. The van der Waals surface area contributed by atoms with Crippen molar-refractivity contribution in [2.24, 2.45) is 0 Å². The number of para-hydroxylation sites is 1. The zero-order valence-corrected chi connectivity index (χ0v) is 17.7. The molecule has 158 valence electrons. The highest BCUT2D eigenvalue weighted by Gasteiger charge is 2.14. The molecule has 0 radical (unpaired) electrons. The van der Waals surface area contributed by atoms with Gasteiger partial charge in [0.05, 0.1) is 30.2 Å². The molecule has 0 aliphatic carbocycles. The number of hydrogen-bond donors (Lipinski definition) is 3. The van der Waals surface area contributed by atoms with E-state index in [1.807, 2.05) is 19.1 Å².